The van der Waals surface area contributed by atoms with Crippen LogP contribution in [0, 0.1) is 5.92 Å². The molecule has 1 saturated heterocycles. The second-order valence-corrected chi connectivity index (χ2v) is 14.3. The van der Waals surface area contributed by atoms with Crippen molar-refractivity contribution >= 4 is 49.5 Å². The van der Waals surface area contributed by atoms with Gasteiger partial charge < -0.3 is 10.2 Å². The normalized spacial score (nSPS) is 21.8. The molecular formula is C29H32ClF2N7O2S. The zero-order chi connectivity index (χ0) is 30.0. The van der Waals surface area contributed by atoms with Crippen molar-refractivity contribution in [3.63, 3.8) is 0 Å². The fraction of sp³-hybridized carbons (Fsp3) is 0.448. The van der Waals surface area contributed by atoms with Crippen molar-refractivity contribution in [1.29, 1.82) is 0 Å². The number of benzene rings is 1. The summed E-state index contributed by atoms with van der Waals surface area (Å²) in [6.07, 6.45) is 6.32. The van der Waals surface area contributed by atoms with Gasteiger partial charge in [0.25, 0.3) is 5.92 Å². The quantitative estimate of drug-likeness (QED) is 0.248. The Bertz CT molecular complexity index is 1780. The largest absolute Gasteiger partial charge is 0.368 e. The van der Waals surface area contributed by atoms with E-state index in [9.17, 15) is 17.2 Å². The number of anilines is 3. The lowest BCUT2D eigenvalue weighted by Gasteiger charge is -2.48. The summed E-state index contributed by atoms with van der Waals surface area (Å²) in [5, 5.41) is 9.43. The molecule has 1 aliphatic heterocycles. The number of halogens is 3. The highest BCUT2D eigenvalue weighted by atomic mass is 35.5. The average Bonchev–Trinajstić information content (AvgIpc) is 3.29. The van der Waals surface area contributed by atoms with Gasteiger partial charge in [-0.25, -0.2) is 32.2 Å². The maximum atomic E-state index is 13.9. The van der Waals surface area contributed by atoms with Gasteiger partial charge in [0.15, 0.2) is 11.0 Å². The highest BCUT2D eigenvalue weighted by molar-refractivity contribution is 7.90. The Morgan fingerprint density at radius 1 is 1.17 bits per heavy atom. The molecule has 6 rings (SSSR count). The van der Waals surface area contributed by atoms with Crippen molar-refractivity contribution in [2.45, 2.75) is 57.5 Å². The van der Waals surface area contributed by atoms with E-state index in [1.807, 2.05) is 12.3 Å². The minimum atomic E-state index is -3.05. The molecule has 4 heterocycles. The molecule has 42 heavy (non-hydrogen) atoms. The first-order chi connectivity index (χ1) is 19.8. The van der Waals surface area contributed by atoms with Gasteiger partial charge >= 0.3 is 0 Å². The molecule has 0 bridgehead atoms. The summed E-state index contributed by atoms with van der Waals surface area (Å²) in [5.41, 5.74) is 2.56. The monoisotopic (exact) mass is 615 g/mol. The molecule has 9 nitrogen and oxygen atoms in total. The van der Waals surface area contributed by atoms with Gasteiger partial charge in [-0.05, 0) is 48.4 Å². The average molecular weight is 616 g/mol. The van der Waals surface area contributed by atoms with Crippen molar-refractivity contribution in [2.75, 3.05) is 28.8 Å². The van der Waals surface area contributed by atoms with Crippen molar-refractivity contribution in [2.24, 2.45) is 5.92 Å². The third-order valence-corrected chi connectivity index (χ3v) is 9.68. The minimum Gasteiger partial charge on any atom is -0.368 e. The van der Waals surface area contributed by atoms with E-state index in [1.165, 1.54) is 17.1 Å². The predicted octanol–water partition coefficient (Wildman–Crippen LogP) is 6.25. The van der Waals surface area contributed by atoms with Crippen LogP contribution >= 0.6 is 11.6 Å². The van der Waals surface area contributed by atoms with E-state index in [4.69, 9.17) is 11.6 Å². The van der Waals surface area contributed by atoms with Crippen molar-refractivity contribution in [1.82, 2.24) is 24.7 Å². The van der Waals surface area contributed by atoms with Crippen LogP contribution in [0.4, 0.5) is 26.1 Å². The van der Waals surface area contributed by atoms with E-state index in [1.54, 1.807) is 12.3 Å². The number of rotatable bonds is 8. The molecular weight excluding hydrogens is 584 g/mol. The van der Waals surface area contributed by atoms with Crippen molar-refractivity contribution < 1.29 is 17.2 Å². The number of sulfone groups is 1. The molecule has 3 aromatic heterocycles. The predicted molar refractivity (Wildman–Crippen MR) is 161 cm³/mol. The molecule has 1 aromatic carbocycles. The molecule has 4 aromatic rings. The number of nitrogens with one attached hydrogen (secondary N) is 1. The molecule has 1 aliphatic carbocycles. The van der Waals surface area contributed by atoms with Gasteiger partial charge in [0.2, 0.25) is 0 Å². The highest BCUT2D eigenvalue weighted by Crippen LogP contribution is 2.47. The van der Waals surface area contributed by atoms with Crippen LogP contribution in [-0.4, -0.2) is 63.7 Å². The molecule has 13 heteroatoms. The minimum absolute atomic E-state index is 0.0618. The molecule has 0 radical (unpaired) electrons. The van der Waals surface area contributed by atoms with Gasteiger partial charge in [-0.3, -0.25) is 4.68 Å². The fourth-order valence-electron chi connectivity index (χ4n) is 5.84. The Hall–Kier alpha value is -3.38. The van der Waals surface area contributed by atoms with E-state index in [0.717, 1.165) is 22.0 Å². The second-order valence-electron chi connectivity index (χ2n) is 11.7. The number of pyridine rings is 1. The molecule has 0 spiro atoms. The van der Waals surface area contributed by atoms with Gasteiger partial charge in [-0.1, -0.05) is 31.5 Å². The summed E-state index contributed by atoms with van der Waals surface area (Å²) in [7, 11) is -3.05. The van der Waals surface area contributed by atoms with E-state index in [2.05, 4.69) is 63.2 Å². The Labute approximate surface area is 248 Å². The van der Waals surface area contributed by atoms with E-state index in [-0.39, 0.29) is 41.0 Å². The Balaban J connectivity index is 1.28. The van der Waals surface area contributed by atoms with Crippen LogP contribution in [-0.2, 0) is 9.84 Å². The first kappa shape index (κ1) is 28.7. The number of aromatic nitrogens is 5. The first-order valence-electron chi connectivity index (χ1n) is 13.9. The lowest BCUT2D eigenvalue weighted by atomic mass is 9.88. The summed E-state index contributed by atoms with van der Waals surface area (Å²) >= 11 is 6.31. The SMILES string of the molecule is CC(C)c1ccc(N2C[C@H](CS(C)(=O)=O)[C@H]2C)c2cnc(Nc3ccnc(-c4cn(C5CCC5(F)F)nc4Cl)n3)cc12. The van der Waals surface area contributed by atoms with Crippen molar-refractivity contribution in [3.05, 3.63) is 53.6 Å². The fourth-order valence-corrected chi connectivity index (χ4v) is 7.22. The van der Waals surface area contributed by atoms with Crippen LogP contribution < -0.4 is 10.2 Å². The lowest BCUT2D eigenvalue weighted by molar-refractivity contribution is -0.126. The molecule has 2 aliphatic rings. The van der Waals surface area contributed by atoms with Crippen LogP contribution in [0.5, 0.6) is 0 Å². The van der Waals surface area contributed by atoms with Crippen LogP contribution in [0.15, 0.2) is 42.9 Å². The van der Waals surface area contributed by atoms with Gasteiger partial charge in [-0.15, -0.1) is 0 Å². The molecule has 0 amide bonds. The number of hydrogen-bond donors (Lipinski definition) is 1. The Morgan fingerprint density at radius 3 is 2.60 bits per heavy atom. The van der Waals surface area contributed by atoms with Crippen molar-refractivity contribution in [3.8, 4) is 11.4 Å². The van der Waals surface area contributed by atoms with Crippen LogP contribution in [0.3, 0.4) is 0 Å². The molecule has 2 fully saturated rings. The Morgan fingerprint density at radius 2 is 1.95 bits per heavy atom. The molecule has 1 unspecified atom stereocenters. The van der Waals surface area contributed by atoms with Gasteiger partial charge in [-0.2, -0.15) is 5.10 Å². The zero-order valence-electron chi connectivity index (χ0n) is 23.7. The molecule has 1 saturated carbocycles. The van der Waals surface area contributed by atoms with Gasteiger partial charge in [0.1, 0.15) is 27.5 Å². The maximum absolute atomic E-state index is 13.9. The summed E-state index contributed by atoms with van der Waals surface area (Å²) < 4.78 is 52.8. The lowest BCUT2D eigenvalue weighted by Crippen LogP contribution is -2.57. The summed E-state index contributed by atoms with van der Waals surface area (Å²) in [6.45, 7) is 7.00. The Kier molecular flexibility index (Phi) is 7.12. The highest BCUT2D eigenvalue weighted by Gasteiger charge is 2.50. The summed E-state index contributed by atoms with van der Waals surface area (Å²) in [6, 6.07) is 6.97. The van der Waals surface area contributed by atoms with Crippen LogP contribution in [0.2, 0.25) is 5.15 Å². The second kappa shape index (κ2) is 10.4. The molecule has 3 atom stereocenters. The maximum Gasteiger partial charge on any atom is 0.270 e. The standard InChI is InChI=1S/C29H32ClF2N7O2S/c1-16(2)19-5-6-23(38-13-18(17(38)3)15-42(4,40)41)21-12-34-26(11-20(19)21)35-25-8-10-33-28(36-25)22-14-39(37-27(22)30)24-7-9-29(24,31)32/h5-6,8,10-12,14,16-18,24H,7,9,13,15H2,1-4H3,(H,33,34,35,36)/t17-,18-,24?/m1/s1. The van der Waals surface area contributed by atoms with E-state index in [0.29, 0.717) is 30.2 Å². The number of hydrogen-bond acceptors (Lipinski definition) is 8. The van der Waals surface area contributed by atoms with E-state index < -0.39 is 21.8 Å². The molecule has 222 valence electrons. The smallest absolute Gasteiger partial charge is 0.270 e. The van der Waals surface area contributed by atoms with E-state index >= 15 is 0 Å². The van der Waals surface area contributed by atoms with Crippen LogP contribution in [0.1, 0.15) is 51.1 Å². The first-order valence-corrected chi connectivity index (χ1v) is 16.3. The topological polar surface area (TPSA) is 106 Å². The van der Waals surface area contributed by atoms with Gasteiger partial charge in [0, 0.05) is 60.8 Å². The number of fused-ring (bicyclic) bond motifs is 1. The third-order valence-electron chi connectivity index (χ3n) is 8.36. The number of alkyl halides is 2. The zero-order valence-corrected chi connectivity index (χ0v) is 25.3. The number of nitrogens with zero attached hydrogens (tertiary/aromatic N) is 6. The molecule has 1 N–H and O–H groups in total. The summed E-state index contributed by atoms with van der Waals surface area (Å²) in [5.74, 6) is -0.971. The van der Waals surface area contributed by atoms with Crippen LogP contribution in [0.25, 0.3) is 22.2 Å². The summed E-state index contributed by atoms with van der Waals surface area (Å²) in [4.78, 5) is 15.8. The van der Waals surface area contributed by atoms with Gasteiger partial charge in [0.05, 0.1) is 11.3 Å². The third kappa shape index (κ3) is 5.30.